The van der Waals surface area contributed by atoms with Crippen LogP contribution in [0.4, 0.5) is 11.4 Å². The molecule has 0 aliphatic rings. The fourth-order valence-electron chi connectivity index (χ4n) is 2.52. The molecular formula is C18H14N4O5S3. The van der Waals surface area contributed by atoms with Crippen LogP contribution in [0.2, 0.25) is 0 Å². The van der Waals surface area contributed by atoms with E-state index in [2.05, 4.69) is 15.1 Å². The summed E-state index contributed by atoms with van der Waals surface area (Å²) in [6.45, 7) is -0.389. The predicted molar refractivity (Wildman–Crippen MR) is 114 cm³/mol. The second-order valence-corrected chi connectivity index (χ2v) is 9.74. The number of hydrogen-bond donors (Lipinski definition) is 2. The lowest BCUT2D eigenvalue weighted by Crippen LogP contribution is -2.26. The van der Waals surface area contributed by atoms with Crippen molar-refractivity contribution in [3.8, 4) is 10.8 Å². The first-order valence-electron chi connectivity index (χ1n) is 8.49. The number of benzene rings is 1. The normalized spacial score (nSPS) is 11.3. The maximum absolute atomic E-state index is 12.5. The molecule has 1 amide bonds. The van der Waals surface area contributed by atoms with E-state index in [1.54, 1.807) is 41.8 Å². The van der Waals surface area contributed by atoms with Crippen LogP contribution in [0.25, 0.3) is 10.8 Å². The molecule has 0 fully saturated rings. The maximum atomic E-state index is 12.5. The SMILES string of the molecule is O=C(Cn1nc(-c2cccs2)oc1=O)Nc1ccccc1NS(=O)(=O)c1cccs1. The fraction of sp³-hybridized carbons (Fsp3) is 0.0556. The van der Waals surface area contributed by atoms with E-state index >= 15 is 0 Å². The summed E-state index contributed by atoms with van der Waals surface area (Å²) < 4.78 is 33.5. The quantitative estimate of drug-likeness (QED) is 0.435. The van der Waals surface area contributed by atoms with Crippen molar-refractivity contribution in [2.24, 2.45) is 0 Å². The molecule has 2 N–H and O–H groups in total. The molecule has 3 heterocycles. The average molecular weight is 463 g/mol. The number of rotatable bonds is 7. The Kier molecular flexibility index (Phi) is 5.53. The minimum absolute atomic E-state index is 0.131. The number of nitrogens with one attached hydrogen (secondary N) is 2. The van der Waals surface area contributed by atoms with E-state index in [1.165, 1.54) is 23.5 Å². The van der Waals surface area contributed by atoms with Crippen molar-refractivity contribution in [2.45, 2.75) is 10.8 Å². The molecule has 0 bridgehead atoms. The number of hydrogen-bond acceptors (Lipinski definition) is 8. The molecule has 12 heteroatoms. The second kappa shape index (κ2) is 8.26. The molecule has 30 heavy (non-hydrogen) atoms. The summed E-state index contributed by atoms with van der Waals surface area (Å²) in [6.07, 6.45) is 0. The zero-order valence-corrected chi connectivity index (χ0v) is 17.6. The molecule has 4 aromatic rings. The summed E-state index contributed by atoms with van der Waals surface area (Å²) in [4.78, 5) is 25.1. The molecule has 0 saturated carbocycles. The minimum Gasteiger partial charge on any atom is -0.387 e. The maximum Gasteiger partial charge on any atom is 0.437 e. The van der Waals surface area contributed by atoms with Gasteiger partial charge in [-0.25, -0.2) is 13.2 Å². The monoisotopic (exact) mass is 462 g/mol. The molecule has 0 aliphatic heterocycles. The molecule has 0 spiro atoms. The molecule has 3 aromatic heterocycles. The summed E-state index contributed by atoms with van der Waals surface area (Å²) >= 11 is 2.43. The van der Waals surface area contributed by atoms with Gasteiger partial charge < -0.3 is 9.73 Å². The number of thiophene rings is 2. The Morgan fingerprint density at radius 2 is 1.77 bits per heavy atom. The van der Waals surface area contributed by atoms with Crippen LogP contribution in [0.1, 0.15) is 0 Å². The molecule has 0 radical (unpaired) electrons. The molecule has 0 atom stereocenters. The van der Waals surface area contributed by atoms with Crippen LogP contribution >= 0.6 is 22.7 Å². The summed E-state index contributed by atoms with van der Waals surface area (Å²) in [5, 5.41) is 10.1. The van der Waals surface area contributed by atoms with Gasteiger partial charge in [-0.3, -0.25) is 9.52 Å². The van der Waals surface area contributed by atoms with Crippen molar-refractivity contribution in [3.63, 3.8) is 0 Å². The van der Waals surface area contributed by atoms with Gasteiger partial charge in [-0.15, -0.1) is 27.8 Å². The van der Waals surface area contributed by atoms with Gasteiger partial charge in [0.2, 0.25) is 5.91 Å². The molecule has 0 unspecified atom stereocenters. The van der Waals surface area contributed by atoms with Crippen LogP contribution in [0.15, 0.2) is 72.7 Å². The highest BCUT2D eigenvalue weighted by Gasteiger charge is 2.19. The number of carbonyl (C=O) groups is 1. The Labute approximate surface area is 178 Å². The smallest absolute Gasteiger partial charge is 0.387 e. The van der Waals surface area contributed by atoms with Crippen LogP contribution in [-0.2, 0) is 21.4 Å². The number of aromatic nitrogens is 2. The standard InChI is InChI=1S/C18H14N4O5S3/c23-15(11-22-18(24)27-17(20-22)14-7-3-9-28-14)19-12-5-1-2-6-13(12)21-30(25,26)16-8-4-10-29-16/h1-10,21H,11H2,(H,19,23). The van der Waals surface area contributed by atoms with Crippen LogP contribution in [0.3, 0.4) is 0 Å². The zero-order chi connectivity index (χ0) is 21.1. The number of carbonyl (C=O) groups excluding carboxylic acids is 1. The van der Waals surface area contributed by atoms with E-state index in [9.17, 15) is 18.0 Å². The number of nitrogens with zero attached hydrogens (tertiary/aromatic N) is 2. The average Bonchev–Trinajstić information content (AvgIpc) is 3.45. The molecular weight excluding hydrogens is 448 g/mol. The first-order chi connectivity index (χ1) is 14.4. The van der Waals surface area contributed by atoms with Crippen LogP contribution in [0, 0.1) is 0 Å². The highest BCUT2D eigenvalue weighted by Crippen LogP contribution is 2.26. The first kappa shape index (κ1) is 20.1. The Morgan fingerprint density at radius 1 is 1.03 bits per heavy atom. The molecule has 1 aromatic carbocycles. The van der Waals surface area contributed by atoms with Crippen molar-refractivity contribution < 1.29 is 17.6 Å². The minimum atomic E-state index is -3.78. The van der Waals surface area contributed by atoms with Crippen LogP contribution in [-0.4, -0.2) is 24.1 Å². The lowest BCUT2D eigenvalue weighted by Gasteiger charge is -2.12. The van der Waals surface area contributed by atoms with Crippen LogP contribution in [0.5, 0.6) is 0 Å². The van der Waals surface area contributed by atoms with Crippen molar-refractivity contribution in [2.75, 3.05) is 10.0 Å². The second-order valence-electron chi connectivity index (χ2n) is 5.94. The fourth-order valence-corrected chi connectivity index (χ4v) is 5.24. The summed E-state index contributed by atoms with van der Waals surface area (Å²) in [5.74, 6) is -1.20. The lowest BCUT2D eigenvalue weighted by molar-refractivity contribution is -0.117. The summed E-state index contributed by atoms with van der Waals surface area (Å²) in [6, 6.07) is 13.0. The number of amides is 1. The Morgan fingerprint density at radius 3 is 2.47 bits per heavy atom. The third kappa shape index (κ3) is 4.35. The predicted octanol–water partition coefficient (Wildman–Crippen LogP) is 3.07. The zero-order valence-electron chi connectivity index (χ0n) is 15.1. The van der Waals surface area contributed by atoms with Gasteiger partial charge in [-0.1, -0.05) is 24.3 Å². The van der Waals surface area contributed by atoms with Gasteiger partial charge in [0, 0.05) is 0 Å². The van der Waals surface area contributed by atoms with Gasteiger partial charge in [0.15, 0.2) is 0 Å². The number of anilines is 2. The number of sulfonamides is 1. The van der Waals surface area contributed by atoms with E-state index in [0.717, 1.165) is 16.0 Å². The summed E-state index contributed by atoms with van der Waals surface area (Å²) in [7, 11) is -3.78. The Bertz CT molecular complexity index is 1320. The van der Waals surface area contributed by atoms with Gasteiger partial charge in [-0.05, 0) is 35.0 Å². The molecule has 154 valence electrons. The topological polar surface area (TPSA) is 123 Å². The van der Waals surface area contributed by atoms with Gasteiger partial charge in [0.1, 0.15) is 10.8 Å². The van der Waals surface area contributed by atoms with Crippen molar-refractivity contribution in [1.29, 1.82) is 0 Å². The van der Waals surface area contributed by atoms with E-state index < -0.39 is 21.7 Å². The lowest BCUT2D eigenvalue weighted by atomic mass is 10.2. The Balaban J connectivity index is 1.50. The third-order valence-electron chi connectivity index (χ3n) is 3.84. The Hall–Kier alpha value is -3.22. The van der Waals surface area contributed by atoms with Crippen molar-refractivity contribution in [3.05, 3.63) is 69.8 Å². The molecule has 0 aliphatic carbocycles. The van der Waals surface area contributed by atoms with Gasteiger partial charge in [0.05, 0.1) is 16.3 Å². The van der Waals surface area contributed by atoms with E-state index in [4.69, 9.17) is 4.42 Å². The van der Waals surface area contributed by atoms with Crippen molar-refractivity contribution in [1.82, 2.24) is 9.78 Å². The first-order valence-corrected chi connectivity index (χ1v) is 11.7. The number of para-hydroxylation sites is 2. The van der Waals surface area contributed by atoms with Gasteiger partial charge in [-0.2, -0.15) is 4.68 Å². The van der Waals surface area contributed by atoms with Gasteiger partial charge in [0.25, 0.3) is 15.9 Å². The highest BCUT2D eigenvalue weighted by atomic mass is 32.2. The molecule has 0 saturated heterocycles. The third-order valence-corrected chi connectivity index (χ3v) is 7.46. The van der Waals surface area contributed by atoms with Crippen LogP contribution < -0.4 is 15.8 Å². The molecule has 9 nitrogen and oxygen atoms in total. The van der Waals surface area contributed by atoms with Gasteiger partial charge >= 0.3 is 5.76 Å². The van der Waals surface area contributed by atoms with E-state index in [-0.39, 0.29) is 28.0 Å². The summed E-state index contributed by atoms with van der Waals surface area (Å²) in [5.41, 5.74) is 0.448. The van der Waals surface area contributed by atoms with E-state index in [0.29, 0.717) is 4.88 Å². The molecule has 4 rings (SSSR count). The highest BCUT2D eigenvalue weighted by molar-refractivity contribution is 7.94. The largest absolute Gasteiger partial charge is 0.437 e. The van der Waals surface area contributed by atoms with E-state index in [1.807, 2.05) is 5.38 Å². The van der Waals surface area contributed by atoms with Crippen molar-refractivity contribution >= 4 is 50.0 Å².